The van der Waals surface area contributed by atoms with E-state index in [-0.39, 0.29) is 5.91 Å². The van der Waals surface area contributed by atoms with Crippen LogP contribution in [0.15, 0.2) is 28.3 Å². The van der Waals surface area contributed by atoms with Crippen molar-refractivity contribution in [3.8, 4) is 11.3 Å². The molecule has 0 spiro atoms. The van der Waals surface area contributed by atoms with E-state index in [2.05, 4.69) is 20.3 Å². The van der Waals surface area contributed by atoms with Gasteiger partial charge < -0.3 is 4.42 Å². The Kier molecular flexibility index (Phi) is 3.72. The number of aromatic nitrogens is 3. The first-order chi connectivity index (χ1) is 10.5. The summed E-state index contributed by atoms with van der Waals surface area (Å²) >= 11 is 1.36. The molecule has 0 bridgehead atoms. The van der Waals surface area contributed by atoms with E-state index in [0.29, 0.717) is 10.8 Å². The summed E-state index contributed by atoms with van der Waals surface area (Å²) in [7, 11) is 0. The molecule has 3 rings (SSSR count). The van der Waals surface area contributed by atoms with Crippen LogP contribution in [0.2, 0.25) is 0 Å². The predicted molar refractivity (Wildman–Crippen MR) is 84.0 cm³/mol. The SMILES string of the molecule is Cc1cc(C(=O)Nc2nc(-c3cc(C)oc3C)cs2)ncn1. The summed E-state index contributed by atoms with van der Waals surface area (Å²) < 4.78 is 5.50. The molecule has 0 aliphatic heterocycles. The first kappa shape index (κ1) is 14.4. The number of carbonyl (C=O) groups is 1. The largest absolute Gasteiger partial charge is 0.466 e. The lowest BCUT2D eigenvalue weighted by Gasteiger charge is -2.01. The van der Waals surface area contributed by atoms with Crippen molar-refractivity contribution in [2.45, 2.75) is 20.8 Å². The number of thiazole rings is 1. The second-order valence-corrected chi connectivity index (χ2v) is 5.72. The highest BCUT2D eigenvalue weighted by atomic mass is 32.1. The smallest absolute Gasteiger partial charge is 0.276 e. The highest BCUT2D eigenvalue weighted by Crippen LogP contribution is 2.29. The van der Waals surface area contributed by atoms with Crippen molar-refractivity contribution in [2.75, 3.05) is 5.32 Å². The van der Waals surface area contributed by atoms with E-state index >= 15 is 0 Å². The molecule has 1 amide bonds. The molecule has 7 heteroatoms. The van der Waals surface area contributed by atoms with Gasteiger partial charge in [0.05, 0.1) is 5.69 Å². The Hall–Kier alpha value is -2.54. The number of aryl methyl sites for hydroxylation is 3. The average Bonchev–Trinajstić information content (AvgIpc) is 3.05. The Morgan fingerprint density at radius 3 is 2.73 bits per heavy atom. The number of hydrogen-bond donors (Lipinski definition) is 1. The number of hydrogen-bond acceptors (Lipinski definition) is 6. The van der Waals surface area contributed by atoms with E-state index in [4.69, 9.17) is 4.42 Å². The molecule has 0 aliphatic rings. The van der Waals surface area contributed by atoms with E-state index in [1.807, 2.05) is 32.2 Å². The van der Waals surface area contributed by atoms with Crippen molar-refractivity contribution >= 4 is 22.4 Å². The molecule has 0 unspecified atom stereocenters. The lowest BCUT2D eigenvalue weighted by atomic mass is 10.2. The third-order valence-electron chi connectivity index (χ3n) is 3.08. The summed E-state index contributed by atoms with van der Waals surface area (Å²) in [5.74, 6) is 1.35. The molecule has 0 fully saturated rings. The highest BCUT2D eigenvalue weighted by molar-refractivity contribution is 7.14. The summed E-state index contributed by atoms with van der Waals surface area (Å²) in [5.41, 5.74) is 2.78. The number of rotatable bonds is 3. The van der Waals surface area contributed by atoms with Crippen LogP contribution in [0.4, 0.5) is 5.13 Å². The summed E-state index contributed by atoms with van der Waals surface area (Å²) in [6.45, 7) is 5.59. The Bertz CT molecular complexity index is 838. The fourth-order valence-corrected chi connectivity index (χ4v) is 2.79. The van der Waals surface area contributed by atoms with Crippen molar-refractivity contribution in [2.24, 2.45) is 0 Å². The fourth-order valence-electron chi connectivity index (χ4n) is 2.08. The number of anilines is 1. The van der Waals surface area contributed by atoms with Gasteiger partial charge in [0.15, 0.2) is 5.13 Å². The van der Waals surface area contributed by atoms with Gasteiger partial charge in [0.25, 0.3) is 5.91 Å². The van der Waals surface area contributed by atoms with Crippen molar-refractivity contribution in [1.29, 1.82) is 0 Å². The quantitative estimate of drug-likeness (QED) is 0.801. The van der Waals surface area contributed by atoms with Gasteiger partial charge in [-0.15, -0.1) is 11.3 Å². The molecule has 112 valence electrons. The van der Waals surface area contributed by atoms with Crippen LogP contribution in [0, 0.1) is 20.8 Å². The lowest BCUT2D eigenvalue weighted by molar-refractivity contribution is 0.102. The van der Waals surface area contributed by atoms with Gasteiger partial charge in [-0.2, -0.15) is 0 Å². The molecular formula is C15H14N4O2S. The monoisotopic (exact) mass is 314 g/mol. The van der Waals surface area contributed by atoms with Gasteiger partial charge in [0, 0.05) is 16.6 Å². The molecule has 0 saturated carbocycles. The van der Waals surface area contributed by atoms with Crippen LogP contribution in [-0.2, 0) is 0 Å². The second kappa shape index (κ2) is 5.69. The normalized spacial score (nSPS) is 10.7. The predicted octanol–water partition coefficient (Wildman–Crippen LogP) is 3.37. The maximum Gasteiger partial charge on any atom is 0.276 e. The zero-order chi connectivity index (χ0) is 15.7. The van der Waals surface area contributed by atoms with Crippen LogP contribution in [0.1, 0.15) is 27.7 Å². The van der Waals surface area contributed by atoms with Gasteiger partial charge in [0.1, 0.15) is 23.5 Å². The summed E-state index contributed by atoms with van der Waals surface area (Å²) in [4.78, 5) is 24.5. The van der Waals surface area contributed by atoms with Crippen molar-refractivity contribution in [3.05, 3.63) is 46.7 Å². The topological polar surface area (TPSA) is 80.9 Å². The molecule has 0 atom stereocenters. The van der Waals surface area contributed by atoms with Crippen molar-refractivity contribution < 1.29 is 9.21 Å². The Morgan fingerprint density at radius 1 is 1.23 bits per heavy atom. The van der Waals surface area contributed by atoms with Gasteiger partial charge in [-0.05, 0) is 32.9 Å². The Labute approximate surface area is 131 Å². The molecule has 0 radical (unpaired) electrons. The van der Waals surface area contributed by atoms with Crippen LogP contribution in [0.5, 0.6) is 0 Å². The Balaban J connectivity index is 1.80. The standard InChI is InChI=1S/C15H14N4O2S/c1-8-4-12(17-7-16-8)14(20)19-15-18-13(6-22-15)11-5-9(2)21-10(11)3/h4-7H,1-3H3,(H,18,19,20). The van der Waals surface area contributed by atoms with E-state index in [1.165, 1.54) is 17.7 Å². The highest BCUT2D eigenvalue weighted by Gasteiger charge is 2.14. The molecule has 3 heterocycles. The van der Waals surface area contributed by atoms with Crippen LogP contribution >= 0.6 is 11.3 Å². The summed E-state index contributed by atoms with van der Waals surface area (Å²) in [5, 5.41) is 5.16. The Morgan fingerprint density at radius 2 is 2.05 bits per heavy atom. The zero-order valence-electron chi connectivity index (χ0n) is 12.4. The number of furan rings is 1. The third-order valence-corrected chi connectivity index (χ3v) is 3.84. The van der Waals surface area contributed by atoms with Crippen molar-refractivity contribution in [1.82, 2.24) is 15.0 Å². The molecule has 3 aromatic heterocycles. The molecule has 0 saturated heterocycles. The number of nitrogens with zero attached hydrogens (tertiary/aromatic N) is 3. The first-order valence-corrected chi connectivity index (χ1v) is 7.54. The zero-order valence-corrected chi connectivity index (χ0v) is 13.2. The third kappa shape index (κ3) is 2.89. The van der Waals surface area contributed by atoms with Gasteiger partial charge in [-0.25, -0.2) is 15.0 Å². The molecular weight excluding hydrogens is 300 g/mol. The van der Waals surface area contributed by atoms with E-state index < -0.39 is 0 Å². The molecule has 1 N–H and O–H groups in total. The maximum absolute atomic E-state index is 12.1. The summed E-state index contributed by atoms with van der Waals surface area (Å²) in [6.07, 6.45) is 1.37. The van der Waals surface area contributed by atoms with Crippen LogP contribution in [-0.4, -0.2) is 20.9 Å². The number of amides is 1. The average molecular weight is 314 g/mol. The minimum absolute atomic E-state index is 0.300. The van der Waals surface area contributed by atoms with Crippen LogP contribution in [0.3, 0.4) is 0 Å². The molecule has 3 aromatic rings. The lowest BCUT2D eigenvalue weighted by Crippen LogP contribution is -2.13. The molecule has 22 heavy (non-hydrogen) atoms. The van der Waals surface area contributed by atoms with Gasteiger partial charge in [-0.3, -0.25) is 10.1 Å². The molecule has 0 aliphatic carbocycles. The number of carbonyl (C=O) groups excluding carboxylic acids is 1. The van der Waals surface area contributed by atoms with Crippen LogP contribution in [0.25, 0.3) is 11.3 Å². The van der Waals surface area contributed by atoms with E-state index in [9.17, 15) is 4.79 Å². The molecule has 0 aromatic carbocycles. The van der Waals surface area contributed by atoms with E-state index in [0.717, 1.165) is 28.5 Å². The van der Waals surface area contributed by atoms with Crippen LogP contribution < -0.4 is 5.32 Å². The first-order valence-electron chi connectivity index (χ1n) is 6.66. The number of nitrogens with one attached hydrogen (secondary N) is 1. The van der Waals surface area contributed by atoms with Crippen molar-refractivity contribution in [3.63, 3.8) is 0 Å². The maximum atomic E-state index is 12.1. The summed E-state index contributed by atoms with van der Waals surface area (Å²) in [6, 6.07) is 3.57. The van der Waals surface area contributed by atoms with Gasteiger partial charge in [-0.1, -0.05) is 0 Å². The van der Waals surface area contributed by atoms with E-state index in [1.54, 1.807) is 6.07 Å². The molecule has 6 nitrogen and oxygen atoms in total. The minimum atomic E-state index is -0.300. The van der Waals surface area contributed by atoms with Gasteiger partial charge in [0.2, 0.25) is 0 Å². The fraction of sp³-hybridized carbons (Fsp3) is 0.200. The second-order valence-electron chi connectivity index (χ2n) is 4.86. The minimum Gasteiger partial charge on any atom is -0.466 e. The van der Waals surface area contributed by atoms with Gasteiger partial charge >= 0.3 is 0 Å².